The number of carboxylic acid groups (broad SMARTS) is 1. The third-order valence-electron chi connectivity index (χ3n) is 4.16. The molecule has 1 N–H and O–H groups in total. The van der Waals surface area contributed by atoms with Crippen LogP contribution in [0.3, 0.4) is 0 Å². The lowest BCUT2D eigenvalue weighted by Crippen LogP contribution is -2.05. The number of carbonyl (C=O) groups is 1. The van der Waals surface area contributed by atoms with E-state index >= 15 is 0 Å². The molecule has 0 aliphatic carbocycles. The fourth-order valence-corrected chi connectivity index (χ4v) is 3.04. The predicted molar refractivity (Wildman–Crippen MR) is 101 cm³/mol. The van der Waals surface area contributed by atoms with Crippen molar-refractivity contribution in [3.05, 3.63) is 71.8 Å². The summed E-state index contributed by atoms with van der Waals surface area (Å²) >= 11 is 0. The van der Waals surface area contributed by atoms with E-state index in [1.54, 1.807) is 13.2 Å². The van der Waals surface area contributed by atoms with E-state index in [1.165, 1.54) is 4.57 Å². The van der Waals surface area contributed by atoms with Crippen LogP contribution in [0.2, 0.25) is 0 Å². The van der Waals surface area contributed by atoms with Crippen molar-refractivity contribution in [3.8, 4) is 28.0 Å². The average Bonchev–Trinajstić information content (AvgIpc) is 2.99. The third-order valence-corrected chi connectivity index (χ3v) is 4.16. The molecule has 3 aromatic rings. The molecule has 1 aromatic heterocycles. The Bertz CT molecular complexity index is 995. The summed E-state index contributed by atoms with van der Waals surface area (Å²) in [6, 6.07) is 15.3. The van der Waals surface area contributed by atoms with Crippen molar-refractivity contribution in [2.24, 2.45) is 7.05 Å². The smallest absolute Gasteiger partial charge is 0.351 e. The standard InChI is InChI=1S/C21H18N2O3/c1-4-26-18-8-6-5-7-16(18)14-9-11-15(12-10-14)19-17(22-2)13-23(3)20(19)21(24)25/h5-13H,4H2,1,3H3,(H,24,25). The Balaban J connectivity index is 2.08. The normalized spacial score (nSPS) is 10.3. The second-order valence-corrected chi connectivity index (χ2v) is 5.77. The van der Waals surface area contributed by atoms with Crippen molar-refractivity contribution < 1.29 is 14.6 Å². The molecule has 0 spiro atoms. The lowest BCUT2D eigenvalue weighted by molar-refractivity contribution is 0.0687. The van der Waals surface area contributed by atoms with Gasteiger partial charge in [0.05, 0.1) is 13.2 Å². The van der Waals surface area contributed by atoms with E-state index in [2.05, 4.69) is 4.85 Å². The Morgan fingerprint density at radius 2 is 1.81 bits per heavy atom. The highest BCUT2D eigenvalue weighted by molar-refractivity contribution is 5.99. The zero-order chi connectivity index (χ0) is 18.7. The highest BCUT2D eigenvalue weighted by Gasteiger charge is 2.21. The fourth-order valence-electron chi connectivity index (χ4n) is 3.04. The lowest BCUT2D eigenvalue weighted by Gasteiger charge is -2.11. The number of carboxylic acids is 1. The average molecular weight is 346 g/mol. The highest BCUT2D eigenvalue weighted by atomic mass is 16.5. The molecule has 0 fully saturated rings. The minimum Gasteiger partial charge on any atom is -0.493 e. The third kappa shape index (κ3) is 3.05. The van der Waals surface area contributed by atoms with Crippen LogP contribution < -0.4 is 4.74 Å². The van der Waals surface area contributed by atoms with Crippen LogP contribution in [-0.4, -0.2) is 22.2 Å². The van der Waals surface area contributed by atoms with Crippen LogP contribution in [0.25, 0.3) is 27.1 Å². The summed E-state index contributed by atoms with van der Waals surface area (Å²) in [6.07, 6.45) is 1.55. The topological polar surface area (TPSA) is 55.8 Å². The van der Waals surface area contributed by atoms with Gasteiger partial charge in [0.25, 0.3) is 0 Å². The molecule has 0 bridgehead atoms. The van der Waals surface area contributed by atoms with Crippen LogP contribution in [0.4, 0.5) is 5.69 Å². The van der Waals surface area contributed by atoms with Gasteiger partial charge in [0, 0.05) is 24.4 Å². The summed E-state index contributed by atoms with van der Waals surface area (Å²) < 4.78 is 7.15. The van der Waals surface area contributed by atoms with Crippen molar-refractivity contribution in [2.75, 3.05) is 6.61 Å². The number of rotatable bonds is 5. The summed E-state index contributed by atoms with van der Waals surface area (Å²) in [6.45, 7) is 9.86. The van der Waals surface area contributed by atoms with Gasteiger partial charge in [-0.3, -0.25) is 0 Å². The van der Waals surface area contributed by atoms with Crippen LogP contribution in [0.1, 0.15) is 17.4 Å². The first-order valence-electron chi connectivity index (χ1n) is 8.19. The molecular formula is C21H18N2O3. The lowest BCUT2D eigenvalue weighted by atomic mass is 9.99. The van der Waals surface area contributed by atoms with Crippen molar-refractivity contribution in [1.29, 1.82) is 0 Å². The zero-order valence-electron chi connectivity index (χ0n) is 14.6. The molecule has 0 atom stereocenters. The molecular weight excluding hydrogens is 328 g/mol. The number of nitrogens with zero attached hydrogens (tertiary/aromatic N) is 2. The van der Waals surface area contributed by atoms with Gasteiger partial charge in [-0.15, -0.1) is 0 Å². The maximum atomic E-state index is 11.6. The van der Waals surface area contributed by atoms with E-state index in [4.69, 9.17) is 11.3 Å². The number of aromatic nitrogens is 1. The summed E-state index contributed by atoms with van der Waals surface area (Å²) in [5.41, 5.74) is 3.52. The number of ether oxygens (including phenoxy) is 1. The SMILES string of the molecule is [C-]#[N+]c1cn(C)c(C(=O)O)c1-c1ccc(-c2ccccc2OCC)cc1. The predicted octanol–water partition coefficient (Wildman–Crippen LogP) is 5.01. The summed E-state index contributed by atoms with van der Waals surface area (Å²) in [4.78, 5) is 15.1. The Kier molecular flexibility index (Phi) is 4.76. The first-order chi connectivity index (χ1) is 12.6. The fraction of sp³-hybridized carbons (Fsp3) is 0.143. The zero-order valence-corrected chi connectivity index (χ0v) is 14.6. The number of para-hydroxylation sites is 1. The van der Waals surface area contributed by atoms with Crippen LogP contribution in [0, 0.1) is 6.57 Å². The van der Waals surface area contributed by atoms with Gasteiger partial charge in [0.15, 0.2) is 0 Å². The quantitative estimate of drug-likeness (QED) is 0.661. The molecule has 5 heteroatoms. The Hall–Kier alpha value is -3.52. The van der Waals surface area contributed by atoms with Gasteiger partial charge in [-0.25, -0.2) is 9.64 Å². The van der Waals surface area contributed by atoms with E-state index in [1.807, 2.05) is 55.5 Å². The first kappa shape index (κ1) is 17.3. The van der Waals surface area contributed by atoms with Gasteiger partial charge in [-0.2, -0.15) is 0 Å². The van der Waals surface area contributed by atoms with Crippen LogP contribution in [0.15, 0.2) is 54.7 Å². The van der Waals surface area contributed by atoms with E-state index in [0.717, 1.165) is 16.9 Å². The molecule has 0 aliphatic rings. The monoisotopic (exact) mass is 346 g/mol. The molecule has 3 rings (SSSR count). The number of aromatic carboxylic acids is 1. The maximum Gasteiger partial charge on any atom is 0.351 e. The van der Waals surface area contributed by atoms with Gasteiger partial charge >= 0.3 is 5.97 Å². The van der Waals surface area contributed by atoms with Crippen molar-refractivity contribution in [2.45, 2.75) is 6.92 Å². The van der Waals surface area contributed by atoms with Gasteiger partial charge in [0.2, 0.25) is 5.69 Å². The van der Waals surface area contributed by atoms with Crippen molar-refractivity contribution >= 4 is 11.7 Å². The Labute approximate surface area is 151 Å². The van der Waals surface area contributed by atoms with Crippen LogP contribution in [0.5, 0.6) is 5.75 Å². The minimum absolute atomic E-state index is 0.110. The van der Waals surface area contributed by atoms with Gasteiger partial charge in [0.1, 0.15) is 11.4 Å². The minimum atomic E-state index is -1.05. The maximum absolute atomic E-state index is 11.6. The van der Waals surface area contributed by atoms with Gasteiger partial charge < -0.3 is 14.4 Å². The van der Waals surface area contributed by atoms with E-state index in [0.29, 0.717) is 23.4 Å². The first-order valence-corrected chi connectivity index (χ1v) is 8.19. The van der Waals surface area contributed by atoms with Crippen LogP contribution >= 0.6 is 0 Å². The summed E-state index contributed by atoms with van der Waals surface area (Å²) in [7, 11) is 1.63. The van der Waals surface area contributed by atoms with E-state index in [9.17, 15) is 9.90 Å². The number of hydrogen-bond acceptors (Lipinski definition) is 2. The van der Waals surface area contributed by atoms with Gasteiger partial charge in [-0.05, 0) is 24.1 Å². The summed E-state index contributed by atoms with van der Waals surface area (Å²) in [5, 5.41) is 9.50. The molecule has 0 amide bonds. The number of benzene rings is 2. The summed E-state index contributed by atoms with van der Waals surface area (Å²) in [5.74, 6) is -0.251. The van der Waals surface area contributed by atoms with Crippen LogP contribution in [-0.2, 0) is 7.05 Å². The molecule has 1 heterocycles. The van der Waals surface area contributed by atoms with Crippen molar-refractivity contribution in [1.82, 2.24) is 4.57 Å². The molecule has 130 valence electrons. The molecule has 26 heavy (non-hydrogen) atoms. The van der Waals surface area contributed by atoms with Crippen molar-refractivity contribution in [3.63, 3.8) is 0 Å². The molecule has 5 nitrogen and oxygen atoms in total. The molecule has 0 saturated heterocycles. The molecule has 2 aromatic carbocycles. The van der Waals surface area contributed by atoms with E-state index in [-0.39, 0.29) is 5.69 Å². The molecule has 0 aliphatic heterocycles. The molecule has 0 radical (unpaired) electrons. The Morgan fingerprint density at radius 1 is 1.15 bits per heavy atom. The Morgan fingerprint density at radius 3 is 2.42 bits per heavy atom. The van der Waals surface area contributed by atoms with E-state index < -0.39 is 5.97 Å². The number of hydrogen-bond donors (Lipinski definition) is 1. The van der Waals surface area contributed by atoms with Gasteiger partial charge in [-0.1, -0.05) is 42.5 Å². The second-order valence-electron chi connectivity index (χ2n) is 5.77. The molecule has 0 unspecified atom stereocenters. The largest absolute Gasteiger partial charge is 0.493 e. The number of aryl methyl sites for hydroxylation is 1. The highest BCUT2D eigenvalue weighted by Crippen LogP contribution is 2.37. The molecule has 0 saturated carbocycles. The second kappa shape index (κ2) is 7.16.